The van der Waals surface area contributed by atoms with Crippen LogP contribution in [0.3, 0.4) is 0 Å². The lowest BCUT2D eigenvalue weighted by molar-refractivity contribution is -0.135. The summed E-state index contributed by atoms with van der Waals surface area (Å²) in [6.07, 6.45) is 1.30. The summed E-state index contributed by atoms with van der Waals surface area (Å²) >= 11 is 6.91. The van der Waals surface area contributed by atoms with Crippen molar-refractivity contribution in [2.75, 3.05) is 7.05 Å². The molecule has 1 aliphatic rings. The standard InChI is InChI=1S/C12H14Br2N2O/c1-16-11(17)5-4-10(15)12(16)7-2-3-8(13)9(14)6-7/h2-3,6,10,12H,4-5,15H2,1H3. The number of hydrogen-bond donors (Lipinski definition) is 1. The second-order valence-corrected chi connectivity index (χ2v) is 6.03. The molecule has 0 bridgehead atoms. The van der Waals surface area contributed by atoms with Crippen molar-refractivity contribution >= 4 is 37.8 Å². The van der Waals surface area contributed by atoms with Crippen LogP contribution < -0.4 is 5.73 Å². The van der Waals surface area contributed by atoms with Crippen molar-refractivity contribution in [1.29, 1.82) is 0 Å². The van der Waals surface area contributed by atoms with E-state index in [-0.39, 0.29) is 18.0 Å². The highest BCUT2D eigenvalue weighted by Crippen LogP contribution is 2.33. The molecule has 3 nitrogen and oxygen atoms in total. The number of hydrogen-bond acceptors (Lipinski definition) is 2. The Labute approximate surface area is 118 Å². The first kappa shape index (κ1) is 13.1. The second kappa shape index (κ2) is 5.08. The minimum Gasteiger partial charge on any atom is -0.337 e. The Morgan fingerprint density at radius 2 is 2.06 bits per heavy atom. The highest BCUT2D eigenvalue weighted by molar-refractivity contribution is 9.13. The number of rotatable bonds is 1. The Hall–Kier alpha value is -0.390. The first-order valence-electron chi connectivity index (χ1n) is 5.47. The Morgan fingerprint density at radius 1 is 1.35 bits per heavy atom. The summed E-state index contributed by atoms with van der Waals surface area (Å²) in [5, 5.41) is 0. The molecule has 1 aromatic carbocycles. The largest absolute Gasteiger partial charge is 0.337 e. The van der Waals surface area contributed by atoms with Gasteiger partial charge < -0.3 is 10.6 Å². The molecule has 2 atom stereocenters. The second-order valence-electron chi connectivity index (χ2n) is 4.33. The van der Waals surface area contributed by atoms with E-state index in [0.717, 1.165) is 20.9 Å². The van der Waals surface area contributed by atoms with Gasteiger partial charge in [0.15, 0.2) is 0 Å². The molecule has 0 radical (unpaired) electrons. The predicted molar refractivity (Wildman–Crippen MR) is 74.6 cm³/mol. The molecule has 1 aromatic rings. The van der Waals surface area contributed by atoms with Crippen molar-refractivity contribution in [2.45, 2.75) is 24.9 Å². The van der Waals surface area contributed by atoms with E-state index < -0.39 is 0 Å². The van der Waals surface area contributed by atoms with Gasteiger partial charge in [-0.2, -0.15) is 0 Å². The number of piperidine rings is 1. The Balaban J connectivity index is 2.36. The first-order valence-corrected chi connectivity index (χ1v) is 7.05. The van der Waals surface area contributed by atoms with Crippen LogP contribution >= 0.6 is 31.9 Å². The zero-order valence-corrected chi connectivity index (χ0v) is 12.7. The number of halogens is 2. The van der Waals surface area contributed by atoms with Crippen LogP contribution in [0.5, 0.6) is 0 Å². The minimum absolute atomic E-state index is 0.00535. The summed E-state index contributed by atoms with van der Waals surface area (Å²) in [6.45, 7) is 0. The molecule has 1 aliphatic heterocycles. The van der Waals surface area contributed by atoms with Gasteiger partial charge in [-0.3, -0.25) is 4.79 Å². The van der Waals surface area contributed by atoms with Crippen molar-refractivity contribution in [1.82, 2.24) is 4.90 Å². The maximum absolute atomic E-state index is 11.7. The number of carbonyl (C=O) groups excluding carboxylic acids is 1. The lowest BCUT2D eigenvalue weighted by Gasteiger charge is -2.37. The molecule has 0 aromatic heterocycles. The van der Waals surface area contributed by atoms with Crippen LogP contribution in [0.15, 0.2) is 27.1 Å². The van der Waals surface area contributed by atoms with Crippen LogP contribution in [0.2, 0.25) is 0 Å². The van der Waals surface area contributed by atoms with Crippen LogP contribution in [0.1, 0.15) is 24.4 Å². The quantitative estimate of drug-likeness (QED) is 0.835. The van der Waals surface area contributed by atoms with E-state index >= 15 is 0 Å². The number of likely N-dealkylation sites (N-methyl/N-ethyl adjacent to an activating group) is 1. The number of benzene rings is 1. The number of likely N-dealkylation sites (tertiary alicyclic amines) is 1. The SMILES string of the molecule is CN1C(=O)CCC(N)C1c1ccc(Br)c(Br)c1. The van der Waals surface area contributed by atoms with E-state index in [1.54, 1.807) is 4.90 Å². The molecule has 2 rings (SSSR count). The molecule has 92 valence electrons. The zero-order chi connectivity index (χ0) is 12.6. The molecule has 2 unspecified atom stereocenters. The lowest BCUT2D eigenvalue weighted by atomic mass is 9.91. The Bertz CT molecular complexity index is 450. The van der Waals surface area contributed by atoms with Crippen LogP contribution in [-0.4, -0.2) is 23.9 Å². The van der Waals surface area contributed by atoms with Gasteiger partial charge >= 0.3 is 0 Å². The summed E-state index contributed by atoms with van der Waals surface area (Å²) < 4.78 is 1.98. The molecule has 1 fully saturated rings. The van der Waals surface area contributed by atoms with Gasteiger partial charge in [0.1, 0.15) is 0 Å². The van der Waals surface area contributed by atoms with E-state index in [0.29, 0.717) is 6.42 Å². The van der Waals surface area contributed by atoms with E-state index in [1.807, 2.05) is 25.2 Å². The third-order valence-electron chi connectivity index (χ3n) is 3.19. The highest BCUT2D eigenvalue weighted by atomic mass is 79.9. The molecule has 5 heteroatoms. The molecule has 17 heavy (non-hydrogen) atoms. The maximum atomic E-state index is 11.7. The monoisotopic (exact) mass is 360 g/mol. The third kappa shape index (κ3) is 2.56. The molecule has 0 saturated carbocycles. The molecular formula is C12H14Br2N2O. The number of amides is 1. The fraction of sp³-hybridized carbons (Fsp3) is 0.417. The van der Waals surface area contributed by atoms with Gasteiger partial charge in [-0.05, 0) is 56.0 Å². The first-order chi connectivity index (χ1) is 8.00. The lowest BCUT2D eigenvalue weighted by Crippen LogP contribution is -2.46. The Morgan fingerprint density at radius 3 is 2.71 bits per heavy atom. The molecule has 1 amide bonds. The van der Waals surface area contributed by atoms with E-state index in [4.69, 9.17) is 5.73 Å². The van der Waals surface area contributed by atoms with Gasteiger partial charge in [-0.25, -0.2) is 0 Å². The van der Waals surface area contributed by atoms with Gasteiger partial charge in [0, 0.05) is 28.5 Å². The van der Waals surface area contributed by atoms with Crippen LogP contribution in [-0.2, 0) is 4.79 Å². The van der Waals surface area contributed by atoms with Gasteiger partial charge in [0.2, 0.25) is 5.91 Å². The summed E-state index contributed by atoms with van der Waals surface area (Å²) in [6, 6.07) is 5.98. The number of nitrogens with zero attached hydrogens (tertiary/aromatic N) is 1. The van der Waals surface area contributed by atoms with Crippen molar-refractivity contribution in [2.24, 2.45) is 5.73 Å². The zero-order valence-electron chi connectivity index (χ0n) is 9.49. The van der Waals surface area contributed by atoms with Gasteiger partial charge in [0.25, 0.3) is 0 Å². The molecule has 2 N–H and O–H groups in total. The van der Waals surface area contributed by atoms with Crippen molar-refractivity contribution in [3.05, 3.63) is 32.7 Å². The molecule has 1 heterocycles. The predicted octanol–water partition coefficient (Wildman–Crippen LogP) is 2.83. The van der Waals surface area contributed by atoms with Crippen molar-refractivity contribution < 1.29 is 4.79 Å². The maximum Gasteiger partial charge on any atom is 0.222 e. The van der Waals surface area contributed by atoms with Crippen LogP contribution in [0.4, 0.5) is 0 Å². The van der Waals surface area contributed by atoms with Gasteiger partial charge in [-0.1, -0.05) is 6.07 Å². The normalized spacial score (nSPS) is 25.2. The summed E-state index contributed by atoms with van der Waals surface area (Å²) in [4.78, 5) is 13.5. The number of carbonyl (C=O) groups is 1. The summed E-state index contributed by atoms with van der Waals surface area (Å²) in [7, 11) is 1.82. The fourth-order valence-electron chi connectivity index (χ4n) is 2.23. The van der Waals surface area contributed by atoms with Crippen molar-refractivity contribution in [3.63, 3.8) is 0 Å². The fourth-order valence-corrected chi connectivity index (χ4v) is 2.88. The van der Waals surface area contributed by atoms with E-state index in [2.05, 4.69) is 31.9 Å². The molecule has 0 spiro atoms. The average molecular weight is 362 g/mol. The van der Waals surface area contributed by atoms with Crippen LogP contribution in [0.25, 0.3) is 0 Å². The molecule has 1 saturated heterocycles. The third-order valence-corrected chi connectivity index (χ3v) is 5.07. The topological polar surface area (TPSA) is 46.3 Å². The summed E-state index contributed by atoms with van der Waals surface area (Å²) in [5.74, 6) is 0.163. The summed E-state index contributed by atoms with van der Waals surface area (Å²) in [5.41, 5.74) is 7.20. The number of nitrogens with two attached hydrogens (primary N) is 1. The molecular weight excluding hydrogens is 348 g/mol. The Kier molecular flexibility index (Phi) is 3.90. The smallest absolute Gasteiger partial charge is 0.222 e. The van der Waals surface area contributed by atoms with E-state index in [9.17, 15) is 4.79 Å². The van der Waals surface area contributed by atoms with Gasteiger partial charge in [0.05, 0.1) is 6.04 Å². The van der Waals surface area contributed by atoms with Gasteiger partial charge in [-0.15, -0.1) is 0 Å². The van der Waals surface area contributed by atoms with Crippen LogP contribution in [0, 0.1) is 0 Å². The average Bonchev–Trinajstić information content (AvgIpc) is 2.29. The highest BCUT2D eigenvalue weighted by Gasteiger charge is 2.32. The minimum atomic E-state index is -0.0272. The van der Waals surface area contributed by atoms with E-state index in [1.165, 1.54) is 0 Å². The molecule has 0 aliphatic carbocycles. The van der Waals surface area contributed by atoms with Crippen molar-refractivity contribution in [3.8, 4) is 0 Å².